The monoisotopic (exact) mass is 356 g/mol. The van der Waals surface area contributed by atoms with E-state index in [1.54, 1.807) is 36.4 Å². The Morgan fingerprint density at radius 3 is 1.45 bits per heavy atom. The predicted octanol–water partition coefficient (Wildman–Crippen LogP) is 5.83. The lowest BCUT2D eigenvalue weighted by Gasteiger charge is -1.91. The minimum atomic E-state index is -0.239. The third-order valence-corrected chi connectivity index (χ3v) is 2.88. The van der Waals surface area contributed by atoms with Gasteiger partial charge in [0.25, 0.3) is 0 Å². The Hall–Kier alpha value is -1.23. The van der Waals surface area contributed by atoms with Crippen molar-refractivity contribution in [1.82, 2.24) is 0 Å². The van der Waals surface area contributed by atoms with Crippen molar-refractivity contribution < 1.29 is 9.59 Å². The molecule has 0 radical (unpaired) electrons. The van der Waals surface area contributed by atoms with E-state index in [1.807, 2.05) is 32.0 Å². The third-order valence-electron chi connectivity index (χ3n) is 2.11. The summed E-state index contributed by atoms with van der Waals surface area (Å²) in [6.45, 7) is 4.00. The zero-order valence-electron chi connectivity index (χ0n) is 11.8. The lowest BCUT2D eigenvalue weighted by molar-refractivity contribution is 0.108. The van der Waals surface area contributed by atoms with E-state index in [9.17, 15) is 9.59 Å². The molecule has 0 spiro atoms. The summed E-state index contributed by atoms with van der Waals surface area (Å²) in [6.07, 6.45) is 0. The summed E-state index contributed by atoms with van der Waals surface area (Å²) < 4.78 is 0. The highest BCUT2D eigenvalue weighted by Crippen LogP contribution is 2.10. The summed E-state index contributed by atoms with van der Waals surface area (Å²) in [7, 11) is 0. The molecular weight excluding hydrogens is 336 g/mol. The highest BCUT2D eigenvalue weighted by molar-refractivity contribution is 7.97. The summed E-state index contributed by atoms with van der Waals surface area (Å²) >= 11 is 12.9. The van der Waals surface area contributed by atoms with Crippen LogP contribution in [0, 0.1) is 0 Å². The standard InChI is InChI=1S/C7H5ClOS.C7H6OS.C2H6.CH4/c8-6-3-1-5(2-4-6)7(9)10;8-7(9)6-4-2-1-3-5-6;1-2;/h1-4H,(H,9,10);1-5H,(H,8,9);1-2H3;1H4. The molecule has 2 rings (SSSR count). The molecule has 0 aliphatic heterocycles. The minimum Gasteiger partial charge on any atom is -0.282 e. The van der Waals surface area contributed by atoms with E-state index < -0.39 is 0 Å². The van der Waals surface area contributed by atoms with Gasteiger partial charge < -0.3 is 0 Å². The predicted molar refractivity (Wildman–Crippen MR) is 103 cm³/mol. The maximum atomic E-state index is 10.6. The van der Waals surface area contributed by atoms with Gasteiger partial charge in [0.1, 0.15) is 0 Å². The van der Waals surface area contributed by atoms with E-state index in [2.05, 4.69) is 25.3 Å². The maximum absolute atomic E-state index is 10.6. The van der Waals surface area contributed by atoms with Crippen LogP contribution in [0.15, 0.2) is 54.6 Å². The largest absolute Gasteiger partial charge is 0.282 e. The molecule has 120 valence electrons. The molecule has 22 heavy (non-hydrogen) atoms. The first-order chi connectivity index (χ1) is 10.0. The fourth-order valence-electron chi connectivity index (χ4n) is 1.17. The van der Waals surface area contributed by atoms with Crippen LogP contribution >= 0.6 is 36.9 Å². The summed E-state index contributed by atoms with van der Waals surface area (Å²) in [5.41, 5.74) is 1.20. The van der Waals surface area contributed by atoms with Crippen LogP contribution in [0.2, 0.25) is 5.02 Å². The normalized spacial score (nSPS) is 8.23. The first-order valence-corrected chi connectivity index (χ1v) is 7.55. The van der Waals surface area contributed by atoms with Gasteiger partial charge in [0.2, 0.25) is 10.2 Å². The number of rotatable bonds is 2. The van der Waals surface area contributed by atoms with E-state index in [0.717, 1.165) is 0 Å². The topological polar surface area (TPSA) is 34.1 Å². The van der Waals surface area contributed by atoms with Crippen molar-refractivity contribution in [3.8, 4) is 0 Å². The fourth-order valence-corrected chi connectivity index (χ4v) is 1.60. The van der Waals surface area contributed by atoms with Gasteiger partial charge in [-0.05, 0) is 24.3 Å². The molecule has 2 nitrogen and oxygen atoms in total. The molecule has 0 fully saturated rings. The average Bonchev–Trinajstić information content (AvgIpc) is 2.51. The molecule has 5 heteroatoms. The number of benzene rings is 2. The van der Waals surface area contributed by atoms with E-state index in [0.29, 0.717) is 16.1 Å². The lowest BCUT2D eigenvalue weighted by atomic mass is 10.2. The van der Waals surface area contributed by atoms with Crippen LogP contribution in [-0.2, 0) is 0 Å². The first kappa shape index (κ1) is 23.0. The summed E-state index contributed by atoms with van der Waals surface area (Å²) in [4.78, 5) is 21.1. The van der Waals surface area contributed by atoms with Crippen LogP contribution in [-0.4, -0.2) is 10.2 Å². The second kappa shape index (κ2) is 13.4. The molecule has 2 aromatic rings. The van der Waals surface area contributed by atoms with Gasteiger partial charge in [0, 0.05) is 16.1 Å². The van der Waals surface area contributed by atoms with Crippen molar-refractivity contribution >= 4 is 47.1 Å². The molecule has 0 unspecified atom stereocenters. The number of hydrogen-bond donors (Lipinski definition) is 2. The molecule has 0 heterocycles. The molecule has 0 saturated carbocycles. The highest BCUT2D eigenvalue weighted by Gasteiger charge is 1.97. The molecule has 0 atom stereocenters. The van der Waals surface area contributed by atoms with E-state index in [4.69, 9.17) is 11.6 Å². The molecule has 0 amide bonds. The molecule has 0 aliphatic rings. The molecule has 0 aromatic heterocycles. The zero-order valence-corrected chi connectivity index (χ0v) is 14.3. The fraction of sp³-hybridized carbons (Fsp3) is 0.176. The van der Waals surface area contributed by atoms with Gasteiger partial charge in [0.15, 0.2) is 0 Å². The third kappa shape index (κ3) is 9.66. The second-order valence-corrected chi connectivity index (χ2v) is 4.73. The van der Waals surface area contributed by atoms with Crippen LogP contribution in [0.5, 0.6) is 0 Å². The summed E-state index contributed by atoms with van der Waals surface area (Å²) in [5, 5.41) is 0.200. The van der Waals surface area contributed by atoms with Crippen LogP contribution in [0.4, 0.5) is 0 Å². The lowest BCUT2D eigenvalue weighted by Crippen LogP contribution is -1.85. The van der Waals surface area contributed by atoms with Gasteiger partial charge in [-0.25, -0.2) is 0 Å². The average molecular weight is 357 g/mol. The second-order valence-electron chi connectivity index (χ2n) is 3.48. The summed E-state index contributed by atoms with van der Waals surface area (Å²) in [5.74, 6) is 0. The van der Waals surface area contributed by atoms with Crippen molar-refractivity contribution in [2.24, 2.45) is 0 Å². The molecule has 2 aromatic carbocycles. The van der Waals surface area contributed by atoms with Crippen molar-refractivity contribution in [2.75, 3.05) is 0 Å². The van der Waals surface area contributed by atoms with E-state index in [-0.39, 0.29) is 17.7 Å². The maximum Gasteiger partial charge on any atom is 0.216 e. The number of halogens is 1. The van der Waals surface area contributed by atoms with E-state index >= 15 is 0 Å². The van der Waals surface area contributed by atoms with Crippen LogP contribution < -0.4 is 0 Å². The first-order valence-electron chi connectivity index (χ1n) is 6.28. The number of thiol groups is 2. The number of carbonyl (C=O) groups is 2. The Bertz CT molecular complexity index is 555. The SMILES string of the molecule is C.CC.O=C(S)c1ccc(Cl)cc1.O=C(S)c1ccccc1. The molecule has 0 N–H and O–H groups in total. The van der Waals surface area contributed by atoms with Crippen LogP contribution in [0.25, 0.3) is 0 Å². The minimum absolute atomic E-state index is 0. The van der Waals surface area contributed by atoms with Gasteiger partial charge in [0.05, 0.1) is 0 Å². The van der Waals surface area contributed by atoms with Gasteiger partial charge >= 0.3 is 0 Å². The molecular formula is C17H21ClO2S2. The Morgan fingerprint density at radius 2 is 1.14 bits per heavy atom. The van der Waals surface area contributed by atoms with E-state index in [1.165, 1.54) is 0 Å². The zero-order chi connectivity index (χ0) is 16.3. The van der Waals surface area contributed by atoms with Crippen molar-refractivity contribution in [2.45, 2.75) is 21.3 Å². The molecule has 0 bridgehead atoms. The molecule has 0 aliphatic carbocycles. The smallest absolute Gasteiger partial charge is 0.216 e. The van der Waals surface area contributed by atoms with Crippen molar-refractivity contribution in [3.05, 3.63) is 70.7 Å². The van der Waals surface area contributed by atoms with Gasteiger partial charge in [-0.15, -0.1) is 25.3 Å². The molecule has 0 saturated heterocycles. The summed E-state index contributed by atoms with van der Waals surface area (Å²) in [6, 6.07) is 15.5. The Morgan fingerprint density at radius 1 is 0.773 bits per heavy atom. The van der Waals surface area contributed by atoms with Crippen LogP contribution in [0.3, 0.4) is 0 Å². The number of hydrogen-bond acceptors (Lipinski definition) is 2. The number of carbonyl (C=O) groups excluding carboxylic acids is 2. The van der Waals surface area contributed by atoms with Gasteiger partial charge in [-0.3, -0.25) is 9.59 Å². The van der Waals surface area contributed by atoms with Gasteiger partial charge in [-0.1, -0.05) is 63.2 Å². The Kier molecular flexibility index (Phi) is 14.1. The Labute approximate surface area is 148 Å². The highest BCUT2D eigenvalue weighted by atomic mass is 35.5. The quantitative estimate of drug-likeness (QED) is 0.664. The van der Waals surface area contributed by atoms with Crippen molar-refractivity contribution in [3.63, 3.8) is 0 Å². The van der Waals surface area contributed by atoms with Gasteiger partial charge in [-0.2, -0.15) is 0 Å². The van der Waals surface area contributed by atoms with Crippen LogP contribution in [0.1, 0.15) is 42.0 Å². The Balaban J connectivity index is 0. The van der Waals surface area contributed by atoms with Crippen molar-refractivity contribution in [1.29, 1.82) is 0 Å².